The minimum atomic E-state index is -3.55. The SMILES string of the molecule is Cc1ccc(C)c(NC(=O)c2ccc(Cn3nc(C)c(S(=O)(=O)N4CCCCC4)c3C)cc2)c1. The molecule has 0 unspecified atom stereocenters. The maximum absolute atomic E-state index is 13.2. The van der Waals surface area contributed by atoms with Gasteiger partial charge in [0.2, 0.25) is 10.0 Å². The zero-order valence-electron chi connectivity index (χ0n) is 20.3. The lowest BCUT2D eigenvalue weighted by Gasteiger charge is -2.26. The van der Waals surface area contributed by atoms with Gasteiger partial charge >= 0.3 is 0 Å². The van der Waals surface area contributed by atoms with E-state index in [4.69, 9.17) is 0 Å². The normalized spacial score (nSPS) is 14.8. The van der Waals surface area contributed by atoms with Gasteiger partial charge in [-0.25, -0.2) is 8.42 Å². The second-order valence-corrected chi connectivity index (χ2v) is 11.0. The van der Waals surface area contributed by atoms with Crippen LogP contribution in [0.2, 0.25) is 0 Å². The van der Waals surface area contributed by atoms with Crippen molar-refractivity contribution in [2.24, 2.45) is 0 Å². The fourth-order valence-electron chi connectivity index (χ4n) is 4.44. The Labute approximate surface area is 201 Å². The van der Waals surface area contributed by atoms with Gasteiger partial charge < -0.3 is 5.32 Å². The predicted molar refractivity (Wildman–Crippen MR) is 134 cm³/mol. The van der Waals surface area contributed by atoms with Crippen LogP contribution in [-0.4, -0.2) is 41.5 Å². The van der Waals surface area contributed by atoms with Gasteiger partial charge in [0.25, 0.3) is 5.91 Å². The molecule has 1 saturated heterocycles. The Balaban J connectivity index is 1.50. The molecule has 4 rings (SSSR count). The number of sulfonamides is 1. The van der Waals surface area contributed by atoms with Gasteiger partial charge in [0, 0.05) is 24.3 Å². The molecule has 8 heteroatoms. The minimum absolute atomic E-state index is 0.165. The van der Waals surface area contributed by atoms with Gasteiger partial charge in [-0.1, -0.05) is 30.7 Å². The maximum atomic E-state index is 13.2. The van der Waals surface area contributed by atoms with Crippen molar-refractivity contribution < 1.29 is 13.2 Å². The van der Waals surface area contributed by atoms with E-state index >= 15 is 0 Å². The summed E-state index contributed by atoms with van der Waals surface area (Å²) in [7, 11) is -3.55. The number of anilines is 1. The lowest BCUT2D eigenvalue weighted by atomic mass is 10.1. The first-order chi connectivity index (χ1) is 16.2. The zero-order valence-corrected chi connectivity index (χ0v) is 21.1. The van der Waals surface area contributed by atoms with Gasteiger partial charge in [-0.15, -0.1) is 0 Å². The number of hydrogen-bond acceptors (Lipinski definition) is 4. The van der Waals surface area contributed by atoms with Crippen molar-refractivity contribution in [3.8, 4) is 0 Å². The fraction of sp³-hybridized carbons (Fsp3) is 0.385. The van der Waals surface area contributed by atoms with Crippen molar-refractivity contribution >= 4 is 21.6 Å². The van der Waals surface area contributed by atoms with Gasteiger partial charge in [-0.05, 0) is 75.4 Å². The van der Waals surface area contributed by atoms with E-state index in [2.05, 4.69) is 10.4 Å². The highest BCUT2D eigenvalue weighted by Gasteiger charge is 2.31. The minimum Gasteiger partial charge on any atom is -0.322 e. The third-order valence-corrected chi connectivity index (χ3v) is 8.57. The first kappa shape index (κ1) is 24.2. The van der Waals surface area contributed by atoms with Crippen LogP contribution in [0.4, 0.5) is 5.69 Å². The molecule has 0 saturated carbocycles. The summed E-state index contributed by atoms with van der Waals surface area (Å²) in [6.07, 6.45) is 2.87. The van der Waals surface area contributed by atoms with Gasteiger partial charge in [0.1, 0.15) is 4.90 Å². The molecule has 2 aromatic carbocycles. The molecular formula is C26H32N4O3S. The molecule has 1 aliphatic rings. The number of aryl methyl sites for hydroxylation is 3. The molecule has 2 heterocycles. The van der Waals surface area contributed by atoms with Gasteiger partial charge in [-0.2, -0.15) is 9.40 Å². The van der Waals surface area contributed by atoms with Crippen LogP contribution in [-0.2, 0) is 16.6 Å². The largest absolute Gasteiger partial charge is 0.322 e. The summed E-state index contributed by atoms with van der Waals surface area (Å²) < 4.78 is 29.8. The molecule has 1 aromatic heterocycles. The highest BCUT2D eigenvalue weighted by molar-refractivity contribution is 7.89. The Morgan fingerprint density at radius 3 is 2.32 bits per heavy atom. The van der Waals surface area contributed by atoms with Crippen molar-refractivity contribution in [1.82, 2.24) is 14.1 Å². The van der Waals surface area contributed by atoms with E-state index in [1.807, 2.05) is 51.1 Å². The molecule has 1 fully saturated rings. The van der Waals surface area contributed by atoms with E-state index in [0.717, 1.165) is 41.6 Å². The lowest BCUT2D eigenvalue weighted by molar-refractivity contribution is 0.102. The summed E-state index contributed by atoms with van der Waals surface area (Å²) in [5.74, 6) is -0.165. The summed E-state index contributed by atoms with van der Waals surface area (Å²) >= 11 is 0. The van der Waals surface area contributed by atoms with Crippen LogP contribution in [0.1, 0.15) is 57.7 Å². The Morgan fingerprint density at radius 1 is 0.971 bits per heavy atom. The van der Waals surface area contributed by atoms with Gasteiger partial charge in [0.15, 0.2) is 0 Å². The van der Waals surface area contributed by atoms with Crippen LogP contribution in [0.5, 0.6) is 0 Å². The number of benzene rings is 2. The van der Waals surface area contributed by atoms with Crippen molar-refractivity contribution in [1.29, 1.82) is 0 Å². The van der Waals surface area contributed by atoms with Crippen LogP contribution in [0.25, 0.3) is 0 Å². The van der Waals surface area contributed by atoms with Crippen LogP contribution >= 0.6 is 0 Å². The van der Waals surface area contributed by atoms with Crippen molar-refractivity contribution in [2.75, 3.05) is 18.4 Å². The first-order valence-electron chi connectivity index (χ1n) is 11.7. The van der Waals surface area contributed by atoms with E-state index in [0.29, 0.717) is 41.5 Å². The number of rotatable bonds is 6. The second-order valence-electron chi connectivity index (χ2n) is 9.09. The summed E-state index contributed by atoms with van der Waals surface area (Å²) in [5, 5.41) is 7.51. The van der Waals surface area contributed by atoms with Crippen LogP contribution in [0, 0.1) is 27.7 Å². The summed E-state index contributed by atoms with van der Waals surface area (Å²) in [6, 6.07) is 13.3. The Hall–Kier alpha value is -2.97. The number of aromatic nitrogens is 2. The molecule has 0 atom stereocenters. The van der Waals surface area contributed by atoms with Crippen LogP contribution in [0.15, 0.2) is 47.4 Å². The average Bonchev–Trinajstić information content (AvgIpc) is 3.10. The van der Waals surface area contributed by atoms with E-state index in [9.17, 15) is 13.2 Å². The predicted octanol–water partition coefficient (Wildman–Crippen LogP) is 4.59. The first-order valence-corrected chi connectivity index (χ1v) is 13.1. The fourth-order valence-corrected chi connectivity index (χ4v) is 6.33. The molecule has 7 nitrogen and oxygen atoms in total. The molecule has 0 radical (unpaired) electrons. The molecule has 180 valence electrons. The van der Waals surface area contributed by atoms with Crippen LogP contribution < -0.4 is 5.32 Å². The zero-order chi connectivity index (χ0) is 24.5. The molecule has 0 spiro atoms. The summed E-state index contributed by atoms with van der Waals surface area (Å²) in [6.45, 7) is 9.08. The van der Waals surface area contributed by atoms with E-state index < -0.39 is 10.0 Å². The molecule has 1 aliphatic heterocycles. The standard InChI is InChI=1S/C26H32N4O3S/c1-18-8-9-19(2)24(16-18)27-26(31)23-12-10-22(11-13-23)17-30-21(4)25(20(3)28-30)34(32,33)29-14-6-5-7-15-29/h8-13,16H,5-7,14-15,17H2,1-4H3,(H,27,31). The van der Waals surface area contributed by atoms with Crippen LogP contribution in [0.3, 0.4) is 0 Å². The molecular weight excluding hydrogens is 448 g/mol. The maximum Gasteiger partial charge on any atom is 0.255 e. The van der Waals surface area contributed by atoms with E-state index in [1.54, 1.807) is 28.0 Å². The topological polar surface area (TPSA) is 84.3 Å². The molecule has 0 bridgehead atoms. The monoisotopic (exact) mass is 480 g/mol. The number of piperidine rings is 1. The molecule has 0 aliphatic carbocycles. The highest BCUT2D eigenvalue weighted by Crippen LogP contribution is 2.26. The number of hydrogen-bond donors (Lipinski definition) is 1. The number of carbonyl (C=O) groups excluding carboxylic acids is 1. The molecule has 1 amide bonds. The third kappa shape index (κ3) is 4.93. The van der Waals surface area contributed by atoms with E-state index in [-0.39, 0.29) is 5.91 Å². The number of carbonyl (C=O) groups is 1. The van der Waals surface area contributed by atoms with Crippen molar-refractivity contribution in [3.63, 3.8) is 0 Å². The van der Waals surface area contributed by atoms with E-state index in [1.165, 1.54) is 0 Å². The summed E-state index contributed by atoms with van der Waals surface area (Å²) in [5.41, 5.74) is 5.56. The van der Waals surface area contributed by atoms with Crippen molar-refractivity contribution in [2.45, 2.75) is 58.4 Å². The van der Waals surface area contributed by atoms with Gasteiger partial charge in [0.05, 0.1) is 17.9 Å². The average molecular weight is 481 g/mol. The number of amides is 1. The summed E-state index contributed by atoms with van der Waals surface area (Å²) in [4.78, 5) is 13.0. The highest BCUT2D eigenvalue weighted by atomic mass is 32.2. The Kier molecular flexibility index (Phi) is 6.91. The smallest absolute Gasteiger partial charge is 0.255 e. The quantitative estimate of drug-likeness (QED) is 0.559. The second kappa shape index (κ2) is 9.72. The molecule has 1 N–H and O–H groups in total. The number of nitrogens with zero attached hydrogens (tertiary/aromatic N) is 3. The number of nitrogens with one attached hydrogen (secondary N) is 1. The molecule has 3 aromatic rings. The van der Waals surface area contributed by atoms with Crippen molar-refractivity contribution in [3.05, 3.63) is 76.1 Å². The third-order valence-electron chi connectivity index (χ3n) is 6.42. The van der Waals surface area contributed by atoms with Gasteiger partial charge in [-0.3, -0.25) is 9.48 Å². The Bertz CT molecular complexity index is 1300. The Morgan fingerprint density at radius 2 is 1.65 bits per heavy atom. The molecule has 34 heavy (non-hydrogen) atoms. The lowest BCUT2D eigenvalue weighted by Crippen LogP contribution is -2.36.